The van der Waals surface area contributed by atoms with Crippen molar-refractivity contribution in [2.24, 2.45) is 0 Å². The lowest BCUT2D eigenvalue weighted by molar-refractivity contribution is 0.464. The van der Waals surface area contributed by atoms with E-state index in [1.807, 2.05) is 6.92 Å². The molecule has 92 valence electrons. The average molecular weight is 391 g/mol. The highest BCUT2D eigenvalue weighted by Crippen LogP contribution is 2.28. The predicted octanol–water partition coefficient (Wildman–Crippen LogP) is 3.30. The van der Waals surface area contributed by atoms with Crippen molar-refractivity contribution in [1.82, 2.24) is 4.31 Å². The Hall–Kier alpha value is 0.570. The SMILES string of the molecule is CC(Br)CCN(C)S(=O)(=O)c1ccc(Br)s1. The zero-order chi connectivity index (χ0) is 12.3. The summed E-state index contributed by atoms with van der Waals surface area (Å²) < 4.78 is 26.7. The zero-order valence-corrected chi connectivity index (χ0v) is 13.8. The van der Waals surface area contributed by atoms with Crippen molar-refractivity contribution in [3.63, 3.8) is 0 Å². The fourth-order valence-electron chi connectivity index (χ4n) is 1.07. The molecule has 3 nitrogen and oxygen atoms in total. The van der Waals surface area contributed by atoms with Crippen LogP contribution in [0.3, 0.4) is 0 Å². The lowest BCUT2D eigenvalue weighted by atomic mass is 10.3. The molecule has 0 bridgehead atoms. The third-order valence-electron chi connectivity index (χ3n) is 2.05. The molecular weight excluding hydrogens is 378 g/mol. The first-order valence-corrected chi connectivity index (χ1v) is 8.66. The third kappa shape index (κ3) is 3.80. The van der Waals surface area contributed by atoms with Crippen LogP contribution < -0.4 is 0 Å². The van der Waals surface area contributed by atoms with Gasteiger partial charge in [0.15, 0.2) is 0 Å². The van der Waals surface area contributed by atoms with E-state index >= 15 is 0 Å². The van der Waals surface area contributed by atoms with Crippen molar-refractivity contribution in [3.8, 4) is 0 Å². The molecule has 0 aromatic carbocycles. The second-order valence-corrected chi connectivity index (χ2v) is 9.75. The number of nitrogens with zero attached hydrogens (tertiary/aromatic N) is 1. The van der Waals surface area contributed by atoms with Gasteiger partial charge in [-0.05, 0) is 34.5 Å². The number of halogens is 2. The van der Waals surface area contributed by atoms with Crippen molar-refractivity contribution < 1.29 is 8.42 Å². The Labute approximate surface area is 117 Å². The second-order valence-electron chi connectivity index (χ2n) is 3.45. The Kier molecular flexibility index (Phi) is 5.44. The van der Waals surface area contributed by atoms with Gasteiger partial charge < -0.3 is 0 Å². The monoisotopic (exact) mass is 389 g/mol. The number of rotatable bonds is 5. The molecule has 0 saturated carbocycles. The summed E-state index contributed by atoms with van der Waals surface area (Å²) in [6.07, 6.45) is 0.794. The van der Waals surface area contributed by atoms with E-state index in [1.54, 1.807) is 19.2 Å². The van der Waals surface area contributed by atoms with Crippen molar-refractivity contribution >= 4 is 53.2 Å². The fraction of sp³-hybridized carbons (Fsp3) is 0.556. The van der Waals surface area contributed by atoms with Gasteiger partial charge in [0, 0.05) is 18.4 Å². The highest BCUT2D eigenvalue weighted by molar-refractivity contribution is 9.11. The van der Waals surface area contributed by atoms with Gasteiger partial charge in [-0.2, -0.15) is 0 Å². The minimum atomic E-state index is -3.31. The van der Waals surface area contributed by atoms with Gasteiger partial charge in [0.1, 0.15) is 4.21 Å². The maximum Gasteiger partial charge on any atom is 0.252 e. The minimum Gasteiger partial charge on any atom is -0.206 e. The van der Waals surface area contributed by atoms with E-state index in [2.05, 4.69) is 31.9 Å². The molecule has 1 aromatic heterocycles. The van der Waals surface area contributed by atoms with Gasteiger partial charge in [-0.3, -0.25) is 0 Å². The molecule has 1 atom stereocenters. The molecule has 0 aliphatic carbocycles. The van der Waals surface area contributed by atoms with Crippen molar-refractivity contribution in [2.45, 2.75) is 22.4 Å². The summed E-state index contributed by atoms with van der Waals surface area (Å²) in [5.74, 6) is 0. The Morgan fingerprint density at radius 1 is 1.50 bits per heavy atom. The van der Waals surface area contributed by atoms with E-state index in [-0.39, 0.29) is 0 Å². The first-order valence-electron chi connectivity index (χ1n) is 4.70. The van der Waals surface area contributed by atoms with Crippen LogP contribution in [0.4, 0.5) is 0 Å². The van der Waals surface area contributed by atoms with Crippen molar-refractivity contribution in [2.75, 3.05) is 13.6 Å². The van der Waals surface area contributed by atoms with Gasteiger partial charge in [-0.1, -0.05) is 22.9 Å². The predicted molar refractivity (Wildman–Crippen MR) is 74.8 cm³/mol. The molecule has 1 aromatic rings. The molecule has 7 heteroatoms. The summed E-state index contributed by atoms with van der Waals surface area (Å²) >= 11 is 7.90. The summed E-state index contributed by atoms with van der Waals surface area (Å²) in [6.45, 7) is 2.52. The standard InChI is InChI=1S/C9H13Br2NO2S2/c1-7(10)5-6-12(2)16(13,14)9-4-3-8(11)15-9/h3-4,7H,5-6H2,1-2H3. The van der Waals surface area contributed by atoms with Crippen LogP contribution in [0.5, 0.6) is 0 Å². The Balaban J connectivity index is 2.78. The quantitative estimate of drug-likeness (QED) is 0.723. The summed E-state index contributed by atoms with van der Waals surface area (Å²) in [6, 6.07) is 3.37. The molecule has 0 amide bonds. The molecular formula is C9H13Br2NO2S2. The number of hydrogen-bond donors (Lipinski definition) is 0. The van der Waals surface area contributed by atoms with Crippen molar-refractivity contribution in [1.29, 1.82) is 0 Å². The van der Waals surface area contributed by atoms with E-state index in [4.69, 9.17) is 0 Å². The Morgan fingerprint density at radius 3 is 2.56 bits per heavy atom. The molecule has 16 heavy (non-hydrogen) atoms. The topological polar surface area (TPSA) is 37.4 Å². The molecule has 1 unspecified atom stereocenters. The summed E-state index contributed by atoms with van der Waals surface area (Å²) in [7, 11) is -1.70. The van der Waals surface area contributed by atoms with Gasteiger partial charge in [-0.15, -0.1) is 11.3 Å². The average Bonchev–Trinajstić information content (AvgIpc) is 2.61. The van der Waals surface area contributed by atoms with Crippen molar-refractivity contribution in [3.05, 3.63) is 15.9 Å². The number of sulfonamides is 1. The second kappa shape index (κ2) is 5.95. The number of hydrogen-bond acceptors (Lipinski definition) is 3. The molecule has 0 spiro atoms. The summed E-state index contributed by atoms with van der Waals surface area (Å²) in [4.78, 5) is 0.320. The molecule has 1 heterocycles. The van der Waals surface area contributed by atoms with Gasteiger partial charge in [0.2, 0.25) is 0 Å². The number of thiophene rings is 1. The van der Waals surface area contributed by atoms with Gasteiger partial charge in [0.25, 0.3) is 10.0 Å². The van der Waals surface area contributed by atoms with E-state index < -0.39 is 10.0 Å². The van der Waals surface area contributed by atoms with E-state index in [0.29, 0.717) is 15.6 Å². The van der Waals surface area contributed by atoms with Crippen LogP contribution in [0, 0.1) is 0 Å². The highest BCUT2D eigenvalue weighted by Gasteiger charge is 2.22. The largest absolute Gasteiger partial charge is 0.252 e. The lowest BCUT2D eigenvalue weighted by Gasteiger charge is -2.16. The lowest BCUT2D eigenvalue weighted by Crippen LogP contribution is -2.28. The first-order chi connectivity index (χ1) is 7.34. The Morgan fingerprint density at radius 2 is 2.12 bits per heavy atom. The molecule has 0 aliphatic heterocycles. The van der Waals surface area contributed by atoms with E-state index in [9.17, 15) is 8.42 Å². The van der Waals surface area contributed by atoms with Gasteiger partial charge >= 0.3 is 0 Å². The van der Waals surface area contributed by atoms with Crippen LogP contribution >= 0.6 is 43.2 Å². The van der Waals surface area contributed by atoms with E-state index in [1.165, 1.54) is 15.6 Å². The van der Waals surface area contributed by atoms with Gasteiger partial charge in [0.05, 0.1) is 3.79 Å². The minimum absolute atomic E-state index is 0.320. The third-order valence-corrected chi connectivity index (χ3v) is 6.46. The molecule has 1 rings (SSSR count). The highest BCUT2D eigenvalue weighted by atomic mass is 79.9. The van der Waals surface area contributed by atoms with Gasteiger partial charge in [-0.25, -0.2) is 12.7 Å². The van der Waals surface area contributed by atoms with Crippen LogP contribution in [0.25, 0.3) is 0 Å². The molecule has 0 saturated heterocycles. The van der Waals surface area contributed by atoms with Crippen LogP contribution in [-0.4, -0.2) is 31.1 Å². The fourth-order valence-corrected chi connectivity index (χ4v) is 4.68. The zero-order valence-electron chi connectivity index (χ0n) is 8.98. The maximum atomic E-state index is 12.1. The molecule has 0 radical (unpaired) electrons. The molecule has 0 fully saturated rings. The smallest absolute Gasteiger partial charge is 0.206 e. The van der Waals surface area contributed by atoms with Crippen LogP contribution in [-0.2, 0) is 10.0 Å². The molecule has 0 aliphatic rings. The normalized spacial score (nSPS) is 14.3. The first kappa shape index (κ1) is 14.6. The van der Waals surface area contributed by atoms with Crippen LogP contribution in [0.2, 0.25) is 0 Å². The van der Waals surface area contributed by atoms with E-state index in [0.717, 1.165) is 10.2 Å². The maximum absolute atomic E-state index is 12.1. The summed E-state index contributed by atoms with van der Waals surface area (Å²) in [5.41, 5.74) is 0. The summed E-state index contributed by atoms with van der Waals surface area (Å²) in [5, 5.41) is 0. The van der Waals surface area contributed by atoms with Crippen LogP contribution in [0.1, 0.15) is 13.3 Å². The Bertz CT molecular complexity index is 442. The number of alkyl halides is 1. The molecule has 0 N–H and O–H groups in total. The van der Waals surface area contributed by atoms with Crippen LogP contribution in [0.15, 0.2) is 20.1 Å².